The lowest BCUT2D eigenvalue weighted by Gasteiger charge is -2.28. The maximum Gasteiger partial charge on any atom is 0.226 e. The molecule has 0 aromatic carbocycles. The molecule has 1 saturated heterocycles. The largest absolute Gasteiger partial charge is 0.355 e. The van der Waals surface area contributed by atoms with Crippen molar-refractivity contribution in [2.24, 2.45) is 11.3 Å². The van der Waals surface area contributed by atoms with E-state index in [0.29, 0.717) is 11.8 Å². The molecule has 0 aromatic rings. The zero-order valence-electron chi connectivity index (χ0n) is 8.44. The Kier molecular flexibility index (Phi) is 2.31. The lowest BCUT2D eigenvalue weighted by atomic mass is 9.72. The smallest absolute Gasteiger partial charge is 0.226 e. The van der Waals surface area contributed by atoms with Gasteiger partial charge in [0.05, 0.1) is 5.41 Å². The van der Waals surface area contributed by atoms with Crippen LogP contribution in [-0.4, -0.2) is 12.5 Å². The van der Waals surface area contributed by atoms with Crippen molar-refractivity contribution in [1.29, 1.82) is 0 Å². The van der Waals surface area contributed by atoms with Crippen LogP contribution in [0.5, 0.6) is 0 Å². The third-order valence-electron chi connectivity index (χ3n) is 3.96. The Morgan fingerprint density at radius 1 is 1.23 bits per heavy atom. The summed E-state index contributed by atoms with van der Waals surface area (Å²) in [4.78, 5) is 11.8. The Bertz CT molecular complexity index is 204. The summed E-state index contributed by atoms with van der Waals surface area (Å²) in [5, 5.41) is 3.02. The fourth-order valence-corrected chi connectivity index (χ4v) is 2.92. The number of rotatable bonds is 0. The fourth-order valence-electron chi connectivity index (χ4n) is 2.92. The molecule has 0 radical (unpaired) electrons. The van der Waals surface area contributed by atoms with Crippen molar-refractivity contribution in [2.45, 2.75) is 45.4 Å². The molecule has 2 aliphatic rings. The predicted molar refractivity (Wildman–Crippen MR) is 52.3 cm³/mol. The van der Waals surface area contributed by atoms with Gasteiger partial charge in [-0.25, -0.2) is 0 Å². The summed E-state index contributed by atoms with van der Waals surface area (Å²) in [6, 6.07) is 0. The summed E-state index contributed by atoms with van der Waals surface area (Å²) < 4.78 is 0. The van der Waals surface area contributed by atoms with Gasteiger partial charge in [-0.05, 0) is 18.8 Å². The molecule has 1 atom stereocenters. The van der Waals surface area contributed by atoms with Crippen LogP contribution < -0.4 is 5.32 Å². The Morgan fingerprint density at radius 3 is 2.31 bits per heavy atom. The third kappa shape index (κ3) is 1.36. The molecule has 1 amide bonds. The highest BCUT2D eigenvalue weighted by Gasteiger charge is 2.47. The quantitative estimate of drug-likeness (QED) is 0.609. The number of carbonyl (C=O) groups is 1. The second-order valence-electron chi connectivity index (χ2n) is 4.68. The van der Waals surface area contributed by atoms with Crippen molar-refractivity contribution in [2.75, 3.05) is 6.54 Å². The van der Waals surface area contributed by atoms with Crippen LogP contribution in [0.25, 0.3) is 0 Å². The molecule has 2 rings (SSSR count). The van der Waals surface area contributed by atoms with E-state index in [1.165, 1.54) is 25.7 Å². The summed E-state index contributed by atoms with van der Waals surface area (Å²) >= 11 is 0. The van der Waals surface area contributed by atoms with Crippen LogP contribution in [0.15, 0.2) is 0 Å². The van der Waals surface area contributed by atoms with E-state index in [9.17, 15) is 4.79 Å². The van der Waals surface area contributed by atoms with Gasteiger partial charge < -0.3 is 5.32 Å². The van der Waals surface area contributed by atoms with E-state index in [4.69, 9.17) is 0 Å². The Labute approximate surface area is 80.1 Å². The maximum atomic E-state index is 11.8. The zero-order valence-corrected chi connectivity index (χ0v) is 8.44. The summed E-state index contributed by atoms with van der Waals surface area (Å²) in [6.07, 6.45) is 7.39. The standard InChI is InChI=1S/C11H19NO/c1-9-8-12-10(13)11(9)6-4-2-3-5-7-11/h9H,2-8H2,1H3,(H,12,13). The van der Waals surface area contributed by atoms with Crippen molar-refractivity contribution >= 4 is 5.91 Å². The Hall–Kier alpha value is -0.530. The molecule has 74 valence electrons. The molecule has 13 heavy (non-hydrogen) atoms. The fraction of sp³-hybridized carbons (Fsp3) is 0.909. The first kappa shape index (κ1) is 9.04. The van der Waals surface area contributed by atoms with E-state index < -0.39 is 0 Å². The van der Waals surface area contributed by atoms with Crippen LogP contribution >= 0.6 is 0 Å². The van der Waals surface area contributed by atoms with Gasteiger partial charge in [0.2, 0.25) is 5.91 Å². The topological polar surface area (TPSA) is 29.1 Å². The highest BCUT2D eigenvalue weighted by molar-refractivity contribution is 5.85. The molecule has 1 saturated carbocycles. The molecule has 1 aliphatic heterocycles. The third-order valence-corrected chi connectivity index (χ3v) is 3.96. The van der Waals surface area contributed by atoms with Crippen LogP contribution in [0.4, 0.5) is 0 Å². The minimum atomic E-state index is 0.0243. The van der Waals surface area contributed by atoms with Crippen molar-refractivity contribution in [3.05, 3.63) is 0 Å². The number of nitrogens with one attached hydrogen (secondary N) is 1. The van der Waals surface area contributed by atoms with Gasteiger partial charge in [0.1, 0.15) is 0 Å². The first-order chi connectivity index (χ1) is 6.26. The predicted octanol–water partition coefficient (Wildman–Crippen LogP) is 2.09. The highest BCUT2D eigenvalue weighted by atomic mass is 16.2. The molecule has 2 nitrogen and oxygen atoms in total. The molecule has 0 bridgehead atoms. The van der Waals surface area contributed by atoms with E-state index in [-0.39, 0.29) is 5.41 Å². The zero-order chi connectivity index (χ0) is 9.31. The van der Waals surface area contributed by atoms with Crippen LogP contribution in [-0.2, 0) is 4.79 Å². The molecule has 1 N–H and O–H groups in total. The normalized spacial score (nSPS) is 33.0. The van der Waals surface area contributed by atoms with E-state index in [0.717, 1.165) is 19.4 Å². The van der Waals surface area contributed by atoms with Gasteiger partial charge in [-0.15, -0.1) is 0 Å². The average Bonchev–Trinajstić information content (AvgIpc) is 2.38. The summed E-state index contributed by atoms with van der Waals surface area (Å²) in [6.45, 7) is 3.13. The van der Waals surface area contributed by atoms with Crippen molar-refractivity contribution in [3.63, 3.8) is 0 Å². The van der Waals surface area contributed by atoms with Gasteiger partial charge in [0.15, 0.2) is 0 Å². The highest BCUT2D eigenvalue weighted by Crippen LogP contribution is 2.44. The van der Waals surface area contributed by atoms with Crippen molar-refractivity contribution in [3.8, 4) is 0 Å². The van der Waals surface area contributed by atoms with Crippen molar-refractivity contribution in [1.82, 2.24) is 5.32 Å². The van der Waals surface area contributed by atoms with Gasteiger partial charge >= 0.3 is 0 Å². The maximum absolute atomic E-state index is 11.8. The molecule has 1 aliphatic carbocycles. The number of carbonyl (C=O) groups excluding carboxylic acids is 1. The van der Waals surface area contributed by atoms with Gasteiger partial charge in [-0.3, -0.25) is 4.79 Å². The second-order valence-corrected chi connectivity index (χ2v) is 4.68. The lowest BCUT2D eigenvalue weighted by molar-refractivity contribution is -0.129. The van der Waals surface area contributed by atoms with Crippen LogP contribution in [0.3, 0.4) is 0 Å². The lowest BCUT2D eigenvalue weighted by Crippen LogP contribution is -2.33. The summed E-state index contributed by atoms with van der Waals surface area (Å²) in [7, 11) is 0. The van der Waals surface area contributed by atoms with Crippen LogP contribution in [0.1, 0.15) is 45.4 Å². The van der Waals surface area contributed by atoms with Crippen LogP contribution in [0.2, 0.25) is 0 Å². The van der Waals surface area contributed by atoms with Gasteiger partial charge in [0.25, 0.3) is 0 Å². The van der Waals surface area contributed by atoms with E-state index in [1.54, 1.807) is 0 Å². The minimum Gasteiger partial charge on any atom is -0.355 e. The first-order valence-electron chi connectivity index (χ1n) is 5.54. The summed E-state index contributed by atoms with van der Waals surface area (Å²) in [5.74, 6) is 0.889. The van der Waals surface area contributed by atoms with E-state index in [2.05, 4.69) is 12.2 Å². The van der Waals surface area contributed by atoms with Crippen LogP contribution in [0, 0.1) is 11.3 Å². The van der Waals surface area contributed by atoms with Gasteiger partial charge in [-0.1, -0.05) is 32.6 Å². The molecular formula is C11H19NO. The summed E-state index contributed by atoms with van der Waals surface area (Å²) in [5.41, 5.74) is 0.0243. The van der Waals surface area contributed by atoms with Crippen molar-refractivity contribution < 1.29 is 4.79 Å². The first-order valence-corrected chi connectivity index (χ1v) is 5.54. The molecule has 1 heterocycles. The molecule has 0 aromatic heterocycles. The SMILES string of the molecule is CC1CNC(=O)C12CCCCCC2. The van der Waals surface area contributed by atoms with Gasteiger partial charge in [-0.2, -0.15) is 0 Å². The molecule has 2 heteroatoms. The van der Waals surface area contributed by atoms with Gasteiger partial charge in [0, 0.05) is 6.54 Å². The molecule has 2 fully saturated rings. The molecule has 1 unspecified atom stereocenters. The van der Waals surface area contributed by atoms with E-state index in [1.807, 2.05) is 0 Å². The average molecular weight is 181 g/mol. The number of hydrogen-bond donors (Lipinski definition) is 1. The molecular weight excluding hydrogens is 162 g/mol. The second kappa shape index (κ2) is 3.32. The minimum absolute atomic E-state index is 0.0243. The number of hydrogen-bond acceptors (Lipinski definition) is 1. The van der Waals surface area contributed by atoms with E-state index >= 15 is 0 Å². The number of amides is 1. The monoisotopic (exact) mass is 181 g/mol. The Balaban J connectivity index is 2.19. The Morgan fingerprint density at radius 2 is 1.85 bits per heavy atom. The molecule has 1 spiro atoms.